The number of carbonyl (C=O) groups excluding carboxylic acids is 1. The smallest absolute Gasteiger partial charge is 0.166 e. The van der Waals surface area contributed by atoms with Crippen LogP contribution in [0.1, 0.15) is 23.2 Å². The third-order valence-corrected chi connectivity index (χ3v) is 3.50. The number of hydrogen-bond acceptors (Lipinski definition) is 3. The van der Waals surface area contributed by atoms with Crippen LogP contribution in [0.2, 0.25) is 0 Å². The molecule has 0 aliphatic carbocycles. The van der Waals surface area contributed by atoms with E-state index >= 15 is 0 Å². The average Bonchev–Trinajstić information content (AvgIpc) is 2.40. The van der Waals surface area contributed by atoms with Gasteiger partial charge in [0.15, 0.2) is 5.78 Å². The molecule has 1 heterocycles. The van der Waals surface area contributed by atoms with Crippen molar-refractivity contribution in [3.63, 3.8) is 0 Å². The van der Waals surface area contributed by atoms with Crippen molar-refractivity contribution < 1.29 is 14.3 Å². The Kier molecular flexibility index (Phi) is 4.44. The summed E-state index contributed by atoms with van der Waals surface area (Å²) in [5, 5.41) is 8.85. The van der Waals surface area contributed by atoms with Crippen LogP contribution in [0.15, 0.2) is 24.3 Å². The van der Waals surface area contributed by atoms with Gasteiger partial charge in [-0.15, -0.1) is 0 Å². The summed E-state index contributed by atoms with van der Waals surface area (Å²) in [6.07, 6.45) is 1.63. The van der Waals surface area contributed by atoms with E-state index in [1.54, 1.807) is 12.1 Å². The lowest BCUT2D eigenvalue weighted by molar-refractivity contribution is 0.0823. The Morgan fingerprint density at radius 1 is 1.28 bits per heavy atom. The largest absolute Gasteiger partial charge is 0.395 e. The van der Waals surface area contributed by atoms with Crippen molar-refractivity contribution in [1.29, 1.82) is 0 Å². The van der Waals surface area contributed by atoms with Gasteiger partial charge in [-0.1, -0.05) is 0 Å². The van der Waals surface area contributed by atoms with E-state index in [2.05, 4.69) is 4.90 Å². The number of ketones is 1. The average molecular weight is 251 g/mol. The van der Waals surface area contributed by atoms with Gasteiger partial charge in [0.05, 0.1) is 6.61 Å². The normalized spacial score (nSPS) is 17.9. The number of carbonyl (C=O) groups is 1. The molecule has 0 bridgehead atoms. The van der Waals surface area contributed by atoms with Crippen molar-refractivity contribution >= 4 is 5.78 Å². The first-order valence-electron chi connectivity index (χ1n) is 6.33. The first-order chi connectivity index (χ1) is 8.70. The maximum atomic E-state index is 12.8. The highest BCUT2D eigenvalue weighted by atomic mass is 19.1. The summed E-state index contributed by atoms with van der Waals surface area (Å²) in [6, 6.07) is 5.76. The molecule has 3 nitrogen and oxygen atoms in total. The van der Waals surface area contributed by atoms with Gasteiger partial charge in [-0.2, -0.15) is 0 Å². The predicted octanol–water partition coefficient (Wildman–Crippen LogP) is 1.71. The molecule has 1 fully saturated rings. The summed E-state index contributed by atoms with van der Waals surface area (Å²) < 4.78 is 12.8. The molecule has 98 valence electrons. The van der Waals surface area contributed by atoms with Crippen molar-refractivity contribution in [2.75, 3.05) is 26.2 Å². The molecule has 0 radical (unpaired) electrons. The van der Waals surface area contributed by atoms with Crippen LogP contribution in [0.5, 0.6) is 0 Å². The molecule has 1 aromatic rings. The van der Waals surface area contributed by atoms with E-state index in [1.165, 1.54) is 12.1 Å². The Labute approximate surface area is 106 Å². The van der Waals surface area contributed by atoms with Gasteiger partial charge in [-0.3, -0.25) is 4.79 Å². The SMILES string of the molecule is O=C(c1ccc(F)cc1)C1CCN(CCO)CC1. The monoisotopic (exact) mass is 251 g/mol. The van der Waals surface area contributed by atoms with E-state index in [-0.39, 0.29) is 24.1 Å². The number of aliphatic hydroxyl groups is 1. The van der Waals surface area contributed by atoms with Gasteiger partial charge >= 0.3 is 0 Å². The van der Waals surface area contributed by atoms with Crippen LogP contribution >= 0.6 is 0 Å². The first kappa shape index (κ1) is 13.2. The third kappa shape index (κ3) is 3.15. The third-order valence-electron chi connectivity index (χ3n) is 3.50. The summed E-state index contributed by atoms with van der Waals surface area (Å²) in [5.74, 6) is -0.173. The number of piperidine rings is 1. The highest BCUT2D eigenvalue weighted by molar-refractivity contribution is 5.97. The Morgan fingerprint density at radius 3 is 2.44 bits per heavy atom. The number of β-amino-alcohol motifs (C(OH)–C–C–N with tert-alkyl or cyclic N) is 1. The van der Waals surface area contributed by atoms with Crippen LogP contribution in [0.25, 0.3) is 0 Å². The predicted molar refractivity (Wildman–Crippen MR) is 67.0 cm³/mol. The van der Waals surface area contributed by atoms with E-state index in [0.29, 0.717) is 12.1 Å². The molecule has 0 amide bonds. The maximum absolute atomic E-state index is 12.8. The second-order valence-electron chi connectivity index (χ2n) is 4.71. The zero-order chi connectivity index (χ0) is 13.0. The fraction of sp³-hybridized carbons (Fsp3) is 0.500. The molecule has 1 saturated heterocycles. The summed E-state index contributed by atoms with van der Waals surface area (Å²) in [4.78, 5) is 14.3. The van der Waals surface area contributed by atoms with Crippen molar-refractivity contribution in [3.05, 3.63) is 35.6 Å². The van der Waals surface area contributed by atoms with Gasteiger partial charge in [0.2, 0.25) is 0 Å². The number of rotatable bonds is 4. The molecule has 0 aromatic heterocycles. The second kappa shape index (κ2) is 6.07. The Bertz CT molecular complexity index is 397. The molecule has 1 aromatic carbocycles. The lowest BCUT2D eigenvalue weighted by Crippen LogP contribution is -2.37. The molecule has 2 rings (SSSR count). The van der Waals surface area contributed by atoms with Crippen LogP contribution < -0.4 is 0 Å². The standard InChI is InChI=1S/C14H18FNO2/c15-13-3-1-11(2-4-13)14(18)12-5-7-16(8-6-12)9-10-17/h1-4,12,17H,5-10H2. The van der Waals surface area contributed by atoms with Gasteiger partial charge < -0.3 is 10.0 Å². The molecule has 1 aliphatic heterocycles. The van der Waals surface area contributed by atoms with Crippen LogP contribution in [0, 0.1) is 11.7 Å². The summed E-state index contributed by atoms with van der Waals surface area (Å²) in [5.41, 5.74) is 0.594. The molecule has 1 aliphatic rings. The number of aliphatic hydroxyl groups excluding tert-OH is 1. The highest BCUT2D eigenvalue weighted by Gasteiger charge is 2.25. The zero-order valence-electron chi connectivity index (χ0n) is 10.3. The molecule has 18 heavy (non-hydrogen) atoms. The molecular weight excluding hydrogens is 233 g/mol. The van der Waals surface area contributed by atoms with Gasteiger partial charge in [-0.05, 0) is 50.2 Å². The lowest BCUT2D eigenvalue weighted by Gasteiger charge is -2.30. The minimum absolute atomic E-state index is 0.0328. The van der Waals surface area contributed by atoms with Gasteiger partial charge in [0.1, 0.15) is 5.82 Å². The minimum Gasteiger partial charge on any atom is -0.395 e. The fourth-order valence-corrected chi connectivity index (χ4v) is 2.41. The minimum atomic E-state index is -0.315. The molecule has 0 unspecified atom stereocenters. The summed E-state index contributed by atoms with van der Waals surface area (Å²) >= 11 is 0. The summed E-state index contributed by atoms with van der Waals surface area (Å²) in [6.45, 7) is 2.53. The number of benzene rings is 1. The molecular formula is C14H18FNO2. The molecule has 1 N–H and O–H groups in total. The Balaban J connectivity index is 1.93. The van der Waals surface area contributed by atoms with Crippen LogP contribution in [0.4, 0.5) is 4.39 Å². The molecule has 0 saturated carbocycles. The highest BCUT2D eigenvalue weighted by Crippen LogP contribution is 2.21. The van der Waals surface area contributed by atoms with Crippen LogP contribution in [-0.4, -0.2) is 42.0 Å². The van der Waals surface area contributed by atoms with Crippen molar-refractivity contribution in [2.24, 2.45) is 5.92 Å². The molecule has 4 heteroatoms. The quantitative estimate of drug-likeness (QED) is 0.828. The Hall–Kier alpha value is -1.26. The summed E-state index contributed by atoms with van der Waals surface area (Å²) in [7, 11) is 0. The molecule has 0 atom stereocenters. The number of Topliss-reactive ketones (excluding diaryl/α,β-unsaturated/α-hetero) is 1. The Morgan fingerprint density at radius 2 is 1.89 bits per heavy atom. The first-order valence-corrected chi connectivity index (χ1v) is 6.33. The zero-order valence-corrected chi connectivity index (χ0v) is 10.3. The fourth-order valence-electron chi connectivity index (χ4n) is 2.41. The van der Waals surface area contributed by atoms with Gasteiger partial charge in [0.25, 0.3) is 0 Å². The van der Waals surface area contributed by atoms with Gasteiger partial charge in [0, 0.05) is 18.0 Å². The van der Waals surface area contributed by atoms with Crippen LogP contribution in [0.3, 0.4) is 0 Å². The van der Waals surface area contributed by atoms with Gasteiger partial charge in [-0.25, -0.2) is 4.39 Å². The number of nitrogens with zero attached hydrogens (tertiary/aromatic N) is 1. The second-order valence-corrected chi connectivity index (χ2v) is 4.71. The van der Waals surface area contributed by atoms with E-state index < -0.39 is 0 Å². The van der Waals surface area contributed by atoms with Crippen molar-refractivity contribution in [2.45, 2.75) is 12.8 Å². The lowest BCUT2D eigenvalue weighted by atomic mass is 9.89. The van der Waals surface area contributed by atoms with Crippen LogP contribution in [-0.2, 0) is 0 Å². The maximum Gasteiger partial charge on any atom is 0.166 e. The number of halogens is 1. The number of likely N-dealkylation sites (tertiary alicyclic amines) is 1. The van der Waals surface area contributed by atoms with E-state index in [0.717, 1.165) is 25.9 Å². The molecule has 0 spiro atoms. The van der Waals surface area contributed by atoms with E-state index in [9.17, 15) is 9.18 Å². The van der Waals surface area contributed by atoms with Crippen molar-refractivity contribution in [1.82, 2.24) is 4.90 Å². The number of hydrogen-bond donors (Lipinski definition) is 1. The van der Waals surface area contributed by atoms with Crippen molar-refractivity contribution in [3.8, 4) is 0 Å². The van der Waals surface area contributed by atoms with E-state index in [4.69, 9.17) is 5.11 Å². The topological polar surface area (TPSA) is 40.5 Å². The van der Waals surface area contributed by atoms with E-state index in [1.807, 2.05) is 0 Å².